The first-order valence-corrected chi connectivity index (χ1v) is 10.8. The Bertz CT molecular complexity index is 965. The lowest BCUT2D eigenvalue weighted by molar-refractivity contribution is -0.131. The number of hydrogen-bond acceptors (Lipinski definition) is 6. The number of carbonyl (C=O) groups excluding carboxylic acids is 1. The van der Waals surface area contributed by atoms with Crippen LogP contribution in [0.4, 0.5) is 0 Å². The van der Waals surface area contributed by atoms with Gasteiger partial charge in [-0.15, -0.1) is 0 Å². The van der Waals surface area contributed by atoms with Crippen LogP contribution in [-0.4, -0.2) is 19.4 Å². The summed E-state index contributed by atoms with van der Waals surface area (Å²) in [5.74, 6) is -0.930. The Morgan fingerprint density at radius 2 is 1.75 bits per heavy atom. The predicted molar refractivity (Wildman–Crippen MR) is 110 cm³/mol. The van der Waals surface area contributed by atoms with E-state index in [1.54, 1.807) is 6.92 Å². The van der Waals surface area contributed by atoms with E-state index in [0.717, 1.165) is 41.3 Å². The number of hydrogen-bond donors (Lipinski definition) is 1. The van der Waals surface area contributed by atoms with Crippen LogP contribution >= 0.6 is 0 Å². The molecule has 7 heteroatoms. The molecular formula is C21H28N2O4S. The van der Waals surface area contributed by atoms with Gasteiger partial charge in [0.2, 0.25) is 0 Å². The molecule has 0 amide bonds. The summed E-state index contributed by atoms with van der Waals surface area (Å²) >= 11 is 0. The van der Waals surface area contributed by atoms with Crippen LogP contribution in [0.3, 0.4) is 0 Å². The molecule has 2 aromatic rings. The Morgan fingerprint density at radius 3 is 2.25 bits per heavy atom. The molecule has 0 saturated carbocycles. The molecule has 0 aliphatic heterocycles. The fraction of sp³-hybridized carbons (Fsp3) is 0.429. The zero-order valence-electron chi connectivity index (χ0n) is 17.1. The second kappa shape index (κ2) is 8.84. The maximum atomic E-state index is 12.4. The van der Waals surface area contributed by atoms with Crippen LogP contribution in [0.5, 0.6) is 0 Å². The van der Waals surface area contributed by atoms with E-state index in [0.29, 0.717) is 17.2 Å². The molecule has 0 fully saturated rings. The number of benzene rings is 1. The van der Waals surface area contributed by atoms with E-state index in [4.69, 9.17) is 5.73 Å². The van der Waals surface area contributed by atoms with Crippen molar-refractivity contribution in [2.24, 2.45) is 11.7 Å². The lowest BCUT2D eigenvalue weighted by Crippen LogP contribution is -2.17. The summed E-state index contributed by atoms with van der Waals surface area (Å²) in [4.78, 5) is 15.9. The van der Waals surface area contributed by atoms with Gasteiger partial charge in [-0.2, -0.15) is 8.42 Å². The monoisotopic (exact) mass is 404 g/mol. The number of nitrogens with zero attached hydrogens (tertiary/aromatic N) is 1. The number of rotatable bonds is 7. The van der Waals surface area contributed by atoms with Crippen LogP contribution < -0.4 is 5.73 Å². The maximum absolute atomic E-state index is 12.4. The minimum Gasteiger partial charge on any atom is -0.346 e. The van der Waals surface area contributed by atoms with Gasteiger partial charge in [-0.05, 0) is 42.9 Å². The summed E-state index contributed by atoms with van der Waals surface area (Å²) < 4.78 is 29.3. The highest BCUT2D eigenvalue weighted by Gasteiger charge is 2.24. The Labute approximate surface area is 167 Å². The topological polar surface area (TPSA) is 99.4 Å². The minimum atomic E-state index is -4.09. The van der Waals surface area contributed by atoms with Crippen LogP contribution in [-0.2, 0) is 37.8 Å². The Hall–Kier alpha value is -2.25. The van der Waals surface area contributed by atoms with Crippen molar-refractivity contribution in [1.29, 1.82) is 0 Å². The highest BCUT2D eigenvalue weighted by molar-refractivity contribution is 7.86. The molecule has 152 valence electrons. The molecule has 0 unspecified atom stereocenters. The number of aryl methyl sites for hydroxylation is 2. The quantitative estimate of drug-likeness (QED) is 0.710. The van der Waals surface area contributed by atoms with E-state index in [-0.39, 0.29) is 6.54 Å². The molecular weight excluding hydrogens is 376 g/mol. The maximum Gasteiger partial charge on any atom is 0.319 e. The third kappa shape index (κ3) is 5.39. The molecule has 6 nitrogen and oxygen atoms in total. The number of aromatic nitrogens is 1. The molecule has 2 N–H and O–H groups in total. The zero-order chi connectivity index (χ0) is 21.1. The molecule has 28 heavy (non-hydrogen) atoms. The average molecular weight is 405 g/mol. The summed E-state index contributed by atoms with van der Waals surface area (Å²) in [6, 6.07) is 7.84. The molecule has 0 radical (unpaired) electrons. The Morgan fingerprint density at radius 1 is 1.14 bits per heavy atom. The van der Waals surface area contributed by atoms with Crippen LogP contribution in [0.15, 0.2) is 24.3 Å². The summed E-state index contributed by atoms with van der Waals surface area (Å²) in [6.45, 7) is 9.27. The molecule has 0 bridgehead atoms. The molecule has 0 aliphatic rings. The fourth-order valence-corrected chi connectivity index (χ4v) is 4.37. The van der Waals surface area contributed by atoms with Crippen molar-refractivity contribution in [3.63, 3.8) is 0 Å². The molecule has 0 atom stereocenters. The van der Waals surface area contributed by atoms with Crippen LogP contribution in [0.1, 0.15) is 48.8 Å². The van der Waals surface area contributed by atoms with Crippen molar-refractivity contribution in [3.8, 4) is 11.1 Å². The zero-order valence-corrected chi connectivity index (χ0v) is 17.9. The summed E-state index contributed by atoms with van der Waals surface area (Å²) in [7, 11) is -4.09. The van der Waals surface area contributed by atoms with Gasteiger partial charge in [-0.1, -0.05) is 43.7 Å². The number of carbonyl (C=O) groups is 1. The van der Waals surface area contributed by atoms with Crippen molar-refractivity contribution in [3.05, 3.63) is 52.3 Å². The SMILES string of the molecule is CC(=O)OS(=O)(=O)Cc1c(C)nc(CC(C)C)c(CN)c1-c1ccc(C)cc1. The lowest BCUT2D eigenvalue weighted by Gasteiger charge is -2.21. The standard InChI is InChI=1S/C21H28N2O4S/c1-13(2)10-20-18(11-22)21(17-8-6-14(3)7-9-17)19(15(4)23-20)12-28(25,26)27-16(5)24/h6-9,13H,10-12,22H2,1-5H3. The number of nitrogens with two attached hydrogens (primary N) is 1. The first-order chi connectivity index (χ1) is 13.0. The summed E-state index contributed by atoms with van der Waals surface area (Å²) in [5, 5.41) is 0. The fourth-order valence-electron chi connectivity index (χ4n) is 3.25. The van der Waals surface area contributed by atoms with Gasteiger partial charge in [0.25, 0.3) is 0 Å². The minimum absolute atomic E-state index is 0.235. The molecule has 1 aromatic carbocycles. The highest BCUT2D eigenvalue weighted by atomic mass is 32.2. The van der Waals surface area contributed by atoms with Gasteiger partial charge in [0, 0.05) is 30.4 Å². The van der Waals surface area contributed by atoms with Crippen LogP contribution in [0.2, 0.25) is 0 Å². The normalized spacial score (nSPS) is 11.7. The second-order valence-corrected chi connectivity index (χ2v) is 8.99. The van der Waals surface area contributed by atoms with Gasteiger partial charge < -0.3 is 9.92 Å². The van der Waals surface area contributed by atoms with Crippen molar-refractivity contribution in [1.82, 2.24) is 4.98 Å². The molecule has 1 aromatic heterocycles. The lowest BCUT2D eigenvalue weighted by atomic mass is 9.90. The van der Waals surface area contributed by atoms with Crippen molar-refractivity contribution < 1.29 is 17.4 Å². The smallest absolute Gasteiger partial charge is 0.319 e. The molecule has 0 spiro atoms. The van der Waals surface area contributed by atoms with E-state index in [1.165, 1.54) is 0 Å². The highest BCUT2D eigenvalue weighted by Crippen LogP contribution is 2.33. The molecule has 1 heterocycles. The molecule has 0 aliphatic carbocycles. The van der Waals surface area contributed by atoms with Gasteiger partial charge in [0.1, 0.15) is 5.75 Å². The average Bonchev–Trinajstić information content (AvgIpc) is 2.56. The largest absolute Gasteiger partial charge is 0.346 e. The van der Waals surface area contributed by atoms with Crippen molar-refractivity contribution in [2.45, 2.75) is 53.3 Å². The van der Waals surface area contributed by atoms with Gasteiger partial charge >= 0.3 is 16.1 Å². The Kier molecular flexibility index (Phi) is 6.96. The Balaban J connectivity index is 2.75. The molecule has 0 saturated heterocycles. The third-order valence-corrected chi connectivity index (χ3v) is 5.53. The van der Waals surface area contributed by atoms with E-state index < -0.39 is 21.8 Å². The first-order valence-electron chi connectivity index (χ1n) is 9.25. The van der Waals surface area contributed by atoms with Crippen molar-refractivity contribution in [2.75, 3.05) is 0 Å². The second-order valence-electron chi connectivity index (χ2n) is 7.42. The van der Waals surface area contributed by atoms with E-state index in [2.05, 4.69) is 23.0 Å². The van der Waals surface area contributed by atoms with E-state index in [1.807, 2.05) is 31.2 Å². The van der Waals surface area contributed by atoms with E-state index in [9.17, 15) is 13.2 Å². The third-order valence-electron chi connectivity index (χ3n) is 4.40. The van der Waals surface area contributed by atoms with Gasteiger partial charge in [0.05, 0.1) is 0 Å². The summed E-state index contributed by atoms with van der Waals surface area (Å²) in [6.07, 6.45) is 0.739. The van der Waals surface area contributed by atoms with Crippen molar-refractivity contribution >= 4 is 16.1 Å². The predicted octanol–water partition coefficient (Wildman–Crippen LogP) is 3.42. The van der Waals surface area contributed by atoms with Crippen LogP contribution in [0, 0.1) is 19.8 Å². The van der Waals surface area contributed by atoms with E-state index >= 15 is 0 Å². The first kappa shape index (κ1) is 22.0. The van der Waals surface area contributed by atoms with Gasteiger partial charge in [0.15, 0.2) is 0 Å². The summed E-state index contributed by atoms with van der Waals surface area (Å²) in [5.41, 5.74) is 11.6. The van der Waals surface area contributed by atoms with Gasteiger partial charge in [-0.3, -0.25) is 9.78 Å². The van der Waals surface area contributed by atoms with Crippen LogP contribution in [0.25, 0.3) is 11.1 Å². The number of pyridine rings is 1. The van der Waals surface area contributed by atoms with Gasteiger partial charge in [-0.25, -0.2) is 0 Å². The molecule has 2 rings (SSSR count).